The van der Waals surface area contributed by atoms with Crippen molar-refractivity contribution < 1.29 is 4.74 Å². The Morgan fingerprint density at radius 2 is 2.15 bits per heavy atom. The number of hydrogen-bond acceptors (Lipinski definition) is 5. The second-order valence-electron chi connectivity index (χ2n) is 7.29. The molecule has 1 aromatic rings. The Bertz CT molecular complexity index is 559. The molecule has 0 aromatic carbocycles. The molecule has 0 saturated carbocycles. The van der Waals surface area contributed by atoms with Gasteiger partial charge in [-0.2, -0.15) is 0 Å². The van der Waals surface area contributed by atoms with E-state index in [9.17, 15) is 0 Å². The molecule has 2 atom stereocenters. The first kappa shape index (κ1) is 20.6. The third-order valence-electron chi connectivity index (χ3n) is 5.70. The van der Waals surface area contributed by atoms with Crippen LogP contribution in [0.5, 0.6) is 0 Å². The molecule has 1 aromatic heterocycles. The fourth-order valence-electron chi connectivity index (χ4n) is 4.12. The van der Waals surface area contributed by atoms with Crippen LogP contribution in [-0.2, 0) is 4.74 Å². The Morgan fingerprint density at radius 3 is 2.85 bits per heavy atom. The Labute approximate surface area is 168 Å². The number of likely N-dealkylation sites (N-methyl/N-ethyl adjacent to an activating group) is 1. The number of nitrogens with one attached hydrogen (secondary N) is 2. The van der Waals surface area contributed by atoms with Crippen LogP contribution in [0.2, 0.25) is 0 Å². The van der Waals surface area contributed by atoms with Crippen LogP contribution < -0.4 is 10.6 Å². The van der Waals surface area contributed by atoms with E-state index in [4.69, 9.17) is 4.74 Å². The SMILES string of the molecule is CCN1CCCCC1CNC(=NC)NCC(c1cccs1)N1CCOCC1. The number of hydrogen-bond donors (Lipinski definition) is 2. The number of thiophene rings is 1. The summed E-state index contributed by atoms with van der Waals surface area (Å²) in [5, 5.41) is 9.30. The van der Waals surface area contributed by atoms with Gasteiger partial charge in [0, 0.05) is 44.1 Å². The predicted octanol–water partition coefficient (Wildman–Crippen LogP) is 2.16. The fourth-order valence-corrected chi connectivity index (χ4v) is 4.98. The summed E-state index contributed by atoms with van der Waals surface area (Å²) in [6, 6.07) is 5.37. The lowest BCUT2D eigenvalue weighted by atomic mass is 10.0. The van der Waals surface area contributed by atoms with E-state index < -0.39 is 0 Å². The minimum Gasteiger partial charge on any atom is -0.379 e. The van der Waals surface area contributed by atoms with Gasteiger partial charge in [0.2, 0.25) is 0 Å². The van der Waals surface area contributed by atoms with Crippen molar-refractivity contribution in [1.82, 2.24) is 20.4 Å². The van der Waals surface area contributed by atoms with Crippen LogP contribution >= 0.6 is 11.3 Å². The third-order valence-corrected chi connectivity index (χ3v) is 6.68. The molecular weight excluding hydrogens is 358 g/mol. The number of ether oxygens (including phenoxy) is 1. The molecule has 2 fully saturated rings. The van der Waals surface area contributed by atoms with E-state index in [0.29, 0.717) is 12.1 Å². The molecule has 3 rings (SSSR count). The normalized spacial score (nSPS) is 23.9. The standard InChI is InChI=1S/C20H35N5OS/c1-3-24-9-5-4-7-17(24)15-22-20(21-2)23-16-18(19-8-6-14-27-19)25-10-12-26-13-11-25/h6,8,14,17-18H,3-5,7,9-13,15-16H2,1-2H3,(H2,21,22,23). The molecule has 2 saturated heterocycles. The van der Waals surface area contributed by atoms with Crippen LogP contribution in [0.4, 0.5) is 0 Å². The molecule has 0 bridgehead atoms. The molecule has 2 aliphatic rings. The average Bonchev–Trinajstić information content (AvgIpc) is 3.26. The van der Waals surface area contributed by atoms with E-state index in [1.165, 1.54) is 30.7 Å². The number of guanidine groups is 1. The summed E-state index contributed by atoms with van der Waals surface area (Å²) >= 11 is 1.83. The van der Waals surface area contributed by atoms with Gasteiger partial charge < -0.3 is 15.4 Å². The third kappa shape index (κ3) is 5.91. The van der Waals surface area contributed by atoms with Crippen molar-refractivity contribution in [2.45, 2.75) is 38.3 Å². The van der Waals surface area contributed by atoms with Gasteiger partial charge in [0.25, 0.3) is 0 Å². The second kappa shape index (κ2) is 11.0. The highest BCUT2D eigenvalue weighted by molar-refractivity contribution is 7.10. The van der Waals surface area contributed by atoms with Crippen LogP contribution in [0.3, 0.4) is 0 Å². The minimum absolute atomic E-state index is 0.370. The van der Waals surface area contributed by atoms with Gasteiger partial charge in [0.15, 0.2) is 5.96 Å². The molecule has 2 aliphatic heterocycles. The molecule has 0 radical (unpaired) electrons. The van der Waals surface area contributed by atoms with Crippen molar-refractivity contribution >= 4 is 17.3 Å². The zero-order valence-electron chi connectivity index (χ0n) is 16.8. The highest BCUT2D eigenvalue weighted by Crippen LogP contribution is 2.25. The summed E-state index contributed by atoms with van der Waals surface area (Å²) in [5.41, 5.74) is 0. The summed E-state index contributed by atoms with van der Waals surface area (Å²) < 4.78 is 5.54. The average molecular weight is 394 g/mol. The lowest BCUT2D eigenvalue weighted by Crippen LogP contribution is -2.50. The van der Waals surface area contributed by atoms with Crippen molar-refractivity contribution in [3.8, 4) is 0 Å². The number of nitrogens with zero attached hydrogens (tertiary/aromatic N) is 3. The first-order chi connectivity index (χ1) is 13.3. The first-order valence-electron chi connectivity index (χ1n) is 10.4. The van der Waals surface area contributed by atoms with Crippen LogP contribution in [0.15, 0.2) is 22.5 Å². The van der Waals surface area contributed by atoms with Gasteiger partial charge in [-0.15, -0.1) is 11.3 Å². The molecule has 2 N–H and O–H groups in total. The van der Waals surface area contributed by atoms with Gasteiger partial charge in [-0.25, -0.2) is 0 Å². The molecule has 0 amide bonds. The zero-order chi connectivity index (χ0) is 18.9. The van der Waals surface area contributed by atoms with Gasteiger partial charge >= 0.3 is 0 Å². The number of rotatable bonds is 7. The lowest BCUT2D eigenvalue weighted by Gasteiger charge is -2.36. The van der Waals surface area contributed by atoms with Crippen molar-refractivity contribution in [2.75, 3.05) is 59.5 Å². The van der Waals surface area contributed by atoms with E-state index in [-0.39, 0.29) is 0 Å². The summed E-state index contributed by atoms with van der Waals surface area (Å²) in [6.45, 7) is 10.1. The van der Waals surface area contributed by atoms with E-state index >= 15 is 0 Å². The Hall–Kier alpha value is -1.15. The monoisotopic (exact) mass is 393 g/mol. The molecule has 27 heavy (non-hydrogen) atoms. The molecule has 6 nitrogen and oxygen atoms in total. The molecule has 0 aliphatic carbocycles. The maximum absolute atomic E-state index is 5.54. The van der Waals surface area contributed by atoms with E-state index in [1.54, 1.807) is 0 Å². The minimum atomic E-state index is 0.370. The van der Waals surface area contributed by atoms with Gasteiger partial charge in [-0.3, -0.25) is 14.8 Å². The summed E-state index contributed by atoms with van der Waals surface area (Å²) in [7, 11) is 1.86. The van der Waals surface area contributed by atoms with Crippen LogP contribution in [-0.4, -0.2) is 81.3 Å². The van der Waals surface area contributed by atoms with Crippen molar-refractivity contribution in [3.05, 3.63) is 22.4 Å². The first-order valence-corrected chi connectivity index (χ1v) is 11.2. The molecule has 2 unspecified atom stereocenters. The largest absolute Gasteiger partial charge is 0.379 e. The summed E-state index contributed by atoms with van der Waals surface area (Å²) in [5.74, 6) is 0.909. The van der Waals surface area contributed by atoms with E-state index in [2.05, 4.69) is 49.9 Å². The Kier molecular flexibility index (Phi) is 8.38. The number of aliphatic imine (C=N–C) groups is 1. The van der Waals surface area contributed by atoms with Gasteiger partial charge in [-0.1, -0.05) is 19.4 Å². The van der Waals surface area contributed by atoms with Gasteiger partial charge in [-0.05, 0) is 37.4 Å². The maximum atomic E-state index is 5.54. The molecular formula is C20H35N5OS. The molecule has 0 spiro atoms. The number of morpholine rings is 1. The van der Waals surface area contributed by atoms with E-state index in [1.807, 2.05) is 18.4 Å². The maximum Gasteiger partial charge on any atom is 0.191 e. The van der Waals surface area contributed by atoms with Crippen molar-refractivity contribution in [3.63, 3.8) is 0 Å². The zero-order valence-corrected chi connectivity index (χ0v) is 17.6. The quantitative estimate of drug-likeness (QED) is 0.549. The summed E-state index contributed by atoms with van der Waals surface area (Å²) in [4.78, 5) is 11.0. The van der Waals surface area contributed by atoms with Crippen LogP contribution in [0.25, 0.3) is 0 Å². The summed E-state index contributed by atoms with van der Waals surface area (Å²) in [6.07, 6.45) is 3.95. The van der Waals surface area contributed by atoms with Crippen molar-refractivity contribution in [2.24, 2.45) is 4.99 Å². The molecule has 7 heteroatoms. The Morgan fingerprint density at radius 1 is 1.30 bits per heavy atom. The Balaban J connectivity index is 1.53. The van der Waals surface area contributed by atoms with Crippen LogP contribution in [0.1, 0.15) is 37.1 Å². The topological polar surface area (TPSA) is 52.1 Å². The van der Waals surface area contributed by atoms with Crippen molar-refractivity contribution in [1.29, 1.82) is 0 Å². The second-order valence-corrected chi connectivity index (χ2v) is 8.27. The van der Waals surface area contributed by atoms with E-state index in [0.717, 1.165) is 51.9 Å². The smallest absolute Gasteiger partial charge is 0.191 e. The highest BCUT2D eigenvalue weighted by atomic mass is 32.1. The molecule has 152 valence electrons. The predicted molar refractivity (Wildman–Crippen MR) is 114 cm³/mol. The van der Waals surface area contributed by atoms with Crippen LogP contribution in [0, 0.1) is 0 Å². The number of likely N-dealkylation sites (tertiary alicyclic amines) is 1. The fraction of sp³-hybridized carbons (Fsp3) is 0.750. The van der Waals surface area contributed by atoms with Gasteiger partial charge in [0.05, 0.1) is 19.3 Å². The highest BCUT2D eigenvalue weighted by Gasteiger charge is 2.24. The molecule has 3 heterocycles. The lowest BCUT2D eigenvalue weighted by molar-refractivity contribution is 0.0177. The number of piperidine rings is 1. The van der Waals surface area contributed by atoms with Gasteiger partial charge in [0.1, 0.15) is 0 Å².